The molecule has 1 atom stereocenters. The Kier molecular flexibility index (Phi) is 9.32. The summed E-state index contributed by atoms with van der Waals surface area (Å²) in [7, 11) is 5.77. The SMILES string of the molecule is CCC.CN(C)[C@H]1CCN(c2ccc(NC(=O)c3c(C=N)cc(-c4ccc(C(F)(F)F)cc4)n3C)cn2)C1. The number of aromatic nitrogens is 2. The van der Waals surface area contributed by atoms with Crippen molar-refractivity contribution in [1.82, 2.24) is 14.5 Å². The van der Waals surface area contributed by atoms with E-state index < -0.39 is 17.6 Å². The molecule has 1 amide bonds. The van der Waals surface area contributed by atoms with E-state index in [0.29, 0.717) is 28.6 Å². The van der Waals surface area contributed by atoms with Gasteiger partial charge in [0.05, 0.1) is 17.4 Å². The number of carbonyl (C=O) groups is 1. The van der Waals surface area contributed by atoms with Crippen LogP contribution in [0.3, 0.4) is 0 Å². The quantitative estimate of drug-likeness (QED) is 0.390. The summed E-state index contributed by atoms with van der Waals surface area (Å²) in [6.45, 7) is 6.06. The van der Waals surface area contributed by atoms with Crippen molar-refractivity contribution in [1.29, 1.82) is 5.41 Å². The molecule has 7 nitrogen and oxygen atoms in total. The van der Waals surface area contributed by atoms with E-state index in [0.717, 1.165) is 43.7 Å². The van der Waals surface area contributed by atoms with Crippen LogP contribution >= 0.6 is 0 Å². The number of hydrogen-bond acceptors (Lipinski definition) is 5. The molecule has 0 bridgehead atoms. The summed E-state index contributed by atoms with van der Waals surface area (Å²) in [6.07, 6.45) is 0.539. The number of amides is 1. The van der Waals surface area contributed by atoms with Gasteiger partial charge in [-0.1, -0.05) is 32.4 Å². The first kappa shape index (κ1) is 28.9. The lowest BCUT2D eigenvalue weighted by Gasteiger charge is -2.21. The van der Waals surface area contributed by atoms with Gasteiger partial charge in [0.2, 0.25) is 0 Å². The van der Waals surface area contributed by atoms with Gasteiger partial charge in [-0.2, -0.15) is 13.2 Å². The molecule has 10 heteroatoms. The highest BCUT2D eigenvalue weighted by molar-refractivity contribution is 6.09. The van der Waals surface area contributed by atoms with Crippen molar-refractivity contribution >= 4 is 23.6 Å². The van der Waals surface area contributed by atoms with E-state index >= 15 is 0 Å². The van der Waals surface area contributed by atoms with Gasteiger partial charge in [0.25, 0.3) is 5.91 Å². The Labute approximate surface area is 221 Å². The molecule has 0 aliphatic carbocycles. The number of alkyl halides is 3. The van der Waals surface area contributed by atoms with Gasteiger partial charge < -0.3 is 25.1 Å². The number of nitrogens with one attached hydrogen (secondary N) is 2. The summed E-state index contributed by atoms with van der Waals surface area (Å²) in [5.41, 5.74) is 1.39. The Morgan fingerprint density at radius 2 is 1.84 bits per heavy atom. The first-order valence-electron chi connectivity index (χ1n) is 12.6. The van der Waals surface area contributed by atoms with Gasteiger partial charge in [0.1, 0.15) is 11.5 Å². The summed E-state index contributed by atoms with van der Waals surface area (Å²) in [6, 6.07) is 10.5. The second kappa shape index (κ2) is 12.3. The molecule has 2 aromatic heterocycles. The van der Waals surface area contributed by atoms with E-state index in [1.54, 1.807) is 29.9 Å². The van der Waals surface area contributed by atoms with E-state index in [2.05, 4.69) is 48.0 Å². The highest BCUT2D eigenvalue weighted by Gasteiger charge is 2.30. The normalized spacial score (nSPS) is 15.3. The number of halogens is 3. The minimum Gasteiger partial charge on any atom is -0.355 e. The zero-order valence-electron chi connectivity index (χ0n) is 22.4. The van der Waals surface area contributed by atoms with Crippen molar-refractivity contribution in [3.63, 3.8) is 0 Å². The summed E-state index contributed by atoms with van der Waals surface area (Å²) in [4.78, 5) is 22.0. The van der Waals surface area contributed by atoms with E-state index in [9.17, 15) is 18.0 Å². The van der Waals surface area contributed by atoms with E-state index in [-0.39, 0.29) is 5.69 Å². The van der Waals surface area contributed by atoms with Crippen molar-refractivity contribution in [2.45, 2.75) is 38.9 Å². The van der Waals surface area contributed by atoms with Crippen LogP contribution in [0.5, 0.6) is 0 Å². The number of anilines is 2. The lowest BCUT2D eigenvalue weighted by molar-refractivity contribution is -0.137. The average Bonchev–Trinajstić information content (AvgIpc) is 3.50. The second-order valence-corrected chi connectivity index (χ2v) is 9.53. The largest absolute Gasteiger partial charge is 0.416 e. The van der Waals surface area contributed by atoms with Crippen LogP contribution in [0.1, 0.15) is 48.3 Å². The van der Waals surface area contributed by atoms with Crippen LogP contribution in [0.15, 0.2) is 48.7 Å². The van der Waals surface area contributed by atoms with Gasteiger partial charge in [-0.05, 0) is 56.4 Å². The maximum atomic E-state index is 13.1. The summed E-state index contributed by atoms with van der Waals surface area (Å²) < 4.78 is 40.3. The van der Waals surface area contributed by atoms with Crippen molar-refractivity contribution in [2.75, 3.05) is 37.4 Å². The first-order chi connectivity index (χ1) is 18.0. The molecular weight excluding hydrogens is 493 g/mol. The molecule has 0 radical (unpaired) electrons. The highest BCUT2D eigenvalue weighted by Crippen LogP contribution is 2.32. The van der Waals surface area contributed by atoms with Crippen molar-refractivity contribution < 1.29 is 18.0 Å². The minimum atomic E-state index is -4.43. The molecule has 4 rings (SSSR count). The maximum absolute atomic E-state index is 13.1. The zero-order chi connectivity index (χ0) is 28.0. The Balaban J connectivity index is 0.00000127. The van der Waals surface area contributed by atoms with Gasteiger partial charge >= 0.3 is 6.18 Å². The fourth-order valence-corrected chi connectivity index (χ4v) is 4.34. The highest BCUT2D eigenvalue weighted by atomic mass is 19.4. The van der Waals surface area contributed by atoms with Crippen LogP contribution < -0.4 is 10.2 Å². The fourth-order valence-electron chi connectivity index (χ4n) is 4.34. The van der Waals surface area contributed by atoms with Crippen molar-refractivity contribution in [3.8, 4) is 11.3 Å². The van der Waals surface area contributed by atoms with Gasteiger partial charge in [-0.3, -0.25) is 4.79 Å². The predicted molar refractivity (Wildman–Crippen MR) is 146 cm³/mol. The first-order valence-corrected chi connectivity index (χ1v) is 12.6. The summed E-state index contributed by atoms with van der Waals surface area (Å²) >= 11 is 0. The van der Waals surface area contributed by atoms with E-state index in [1.807, 2.05) is 6.07 Å². The monoisotopic (exact) mass is 528 g/mol. The lowest BCUT2D eigenvalue weighted by atomic mass is 10.1. The van der Waals surface area contributed by atoms with Crippen LogP contribution in [0, 0.1) is 5.41 Å². The number of pyridine rings is 1. The van der Waals surface area contributed by atoms with E-state index in [4.69, 9.17) is 5.41 Å². The molecule has 1 saturated heterocycles. The van der Waals surface area contributed by atoms with Crippen LogP contribution in [-0.4, -0.2) is 59.8 Å². The molecule has 3 aromatic rings. The number of hydrogen-bond donors (Lipinski definition) is 2. The second-order valence-electron chi connectivity index (χ2n) is 9.53. The van der Waals surface area contributed by atoms with Gasteiger partial charge in [0.15, 0.2) is 0 Å². The third kappa shape index (κ3) is 6.61. The number of rotatable bonds is 6. The van der Waals surface area contributed by atoms with Crippen LogP contribution in [0.4, 0.5) is 24.7 Å². The summed E-state index contributed by atoms with van der Waals surface area (Å²) in [5.74, 6) is 0.406. The molecule has 1 aromatic carbocycles. The number of benzene rings is 1. The zero-order valence-corrected chi connectivity index (χ0v) is 22.4. The van der Waals surface area contributed by atoms with E-state index in [1.165, 1.54) is 18.6 Å². The molecule has 1 aliphatic heterocycles. The van der Waals surface area contributed by atoms with Crippen LogP contribution in [0.25, 0.3) is 11.3 Å². The standard InChI is InChI=1S/C25H27F3N6O.C3H8/c1-32(2)20-10-11-34(15-20)22-9-8-19(14-30-22)31-24(35)23-17(13-29)12-21(33(23)3)16-4-6-18(7-5-16)25(26,27)28;1-3-2/h4-9,12-14,20,29H,10-11,15H2,1-3H3,(H,31,35);3H2,1-2H3/t20-;/m0./s1. The molecule has 0 unspecified atom stereocenters. The van der Waals surface area contributed by atoms with Gasteiger partial charge in [0, 0.05) is 43.7 Å². The molecule has 0 saturated carbocycles. The average molecular weight is 529 g/mol. The van der Waals surface area contributed by atoms with Crippen LogP contribution in [-0.2, 0) is 13.2 Å². The number of carbonyl (C=O) groups excluding carboxylic acids is 1. The van der Waals surface area contributed by atoms with Gasteiger partial charge in [-0.25, -0.2) is 4.98 Å². The molecule has 38 heavy (non-hydrogen) atoms. The molecule has 204 valence electrons. The molecule has 1 fully saturated rings. The Bertz CT molecular complexity index is 1230. The summed E-state index contributed by atoms with van der Waals surface area (Å²) in [5, 5.41) is 10.5. The minimum absolute atomic E-state index is 0.229. The topological polar surface area (TPSA) is 77.2 Å². The third-order valence-corrected chi connectivity index (χ3v) is 6.36. The predicted octanol–water partition coefficient (Wildman–Crippen LogP) is 5.91. The molecule has 0 spiro atoms. The fraction of sp³-hybridized carbons (Fsp3) is 0.393. The smallest absolute Gasteiger partial charge is 0.355 e. The van der Waals surface area contributed by atoms with Gasteiger partial charge in [-0.15, -0.1) is 0 Å². The number of nitrogens with zero attached hydrogens (tertiary/aromatic N) is 4. The maximum Gasteiger partial charge on any atom is 0.416 e. The van der Waals surface area contributed by atoms with Crippen molar-refractivity contribution in [3.05, 3.63) is 65.5 Å². The molecule has 2 N–H and O–H groups in total. The third-order valence-electron chi connectivity index (χ3n) is 6.36. The Hall–Kier alpha value is -3.66. The Morgan fingerprint density at radius 3 is 2.34 bits per heavy atom. The van der Waals surface area contributed by atoms with Crippen molar-refractivity contribution in [2.24, 2.45) is 7.05 Å². The van der Waals surface area contributed by atoms with Crippen LogP contribution in [0.2, 0.25) is 0 Å². The lowest BCUT2D eigenvalue weighted by Crippen LogP contribution is -2.31. The number of likely N-dealkylation sites (N-methyl/N-ethyl adjacent to an activating group) is 1. The Morgan fingerprint density at radius 1 is 1.18 bits per heavy atom. The molecular formula is C28H35F3N6O. The molecule has 1 aliphatic rings. The molecule has 3 heterocycles.